The summed E-state index contributed by atoms with van der Waals surface area (Å²) >= 11 is 0. The molecule has 1 N–H and O–H groups in total. The first-order valence-corrected chi connectivity index (χ1v) is 11.7. The average molecular weight is 491 g/mol. The molecule has 0 saturated carbocycles. The standard InChI is InChI=1S/C28H30N2O6/c1-5-36-25-12-10-18(14-26(25)35-4)23(30-17-19-8-6-7-9-21(19)28(30)32)16-27(31)29-22-15-20(33-2)11-13-24(22)34-3/h6-15,23H,5,16-17H2,1-4H3,(H,29,31)/t23-/m1/s1. The van der Waals surface area contributed by atoms with E-state index in [9.17, 15) is 9.59 Å². The van der Waals surface area contributed by atoms with Crippen molar-refractivity contribution in [2.75, 3.05) is 33.3 Å². The van der Waals surface area contributed by atoms with Crippen LogP contribution in [-0.2, 0) is 11.3 Å². The number of methoxy groups -OCH3 is 3. The molecule has 1 aliphatic rings. The lowest BCUT2D eigenvalue weighted by molar-refractivity contribution is -0.117. The lowest BCUT2D eigenvalue weighted by atomic mass is 10.0. The van der Waals surface area contributed by atoms with E-state index in [2.05, 4.69) is 5.32 Å². The van der Waals surface area contributed by atoms with Crippen molar-refractivity contribution in [1.82, 2.24) is 4.90 Å². The Morgan fingerprint density at radius 3 is 2.39 bits per heavy atom. The molecule has 2 amide bonds. The number of ether oxygens (including phenoxy) is 4. The molecule has 36 heavy (non-hydrogen) atoms. The number of hydrogen-bond donors (Lipinski definition) is 1. The predicted molar refractivity (Wildman–Crippen MR) is 136 cm³/mol. The minimum Gasteiger partial charge on any atom is -0.497 e. The molecule has 0 spiro atoms. The first kappa shape index (κ1) is 24.9. The molecule has 1 aliphatic heterocycles. The molecule has 8 nitrogen and oxygen atoms in total. The van der Waals surface area contributed by atoms with E-state index >= 15 is 0 Å². The van der Waals surface area contributed by atoms with Crippen LogP contribution in [0.4, 0.5) is 5.69 Å². The van der Waals surface area contributed by atoms with Crippen LogP contribution in [0.5, 0.6) is 23.0 Å². The van der Waals surface area contributed by atoms with E-state index in [1.54, 1.807) is 43.4 Å². The number of nitrogens with zero attached hydrogens (tertiary/aromatic N) is 1. The normalized spacial score (nSPS) is 13.1. The molecular formula is C28H30N2O6. The minimum absolute atomic E-state index is 0.0250. The molecule has 0 saturated heterocycles. The van der Waals surface area contributed by atoms with Crippen molar-refractivity contribution in [1.29, 1.82) is 0 Å². The SMILES string of the molecule is CCOc1ccc([C@@H](CC(=O)Nc2cc(OC)ccc2OC)N2Cc3ccccc3C2=O)cc1OC. The molecule has 4 rings (SSSR count). The van der Waals surface area contributed by atoms with Crippen molar-refractivity contribution in [3.8, 4) is 23.0 Å². The van der Waals surface area contributed by atoms with E-state index in [1.807, 2.05) is 43.3 Å². The molecule has 1 heterocycles. The molecule has 0 unspecified atom stereocenters. The smallest absolute Gasteiger partial charge is 0.255 e. The number of amides is 2. The van der Waals surface area contributed by atoms with Crippen LogP contribution in [0.25, 0.3) is 0 Å². The lowest BCUT2D eigenvalue weighted by Gasteiger charge is -2.28. The number of hydrogen-bond acceptors (Lipinski definition) is 6. The molecule has 3 aromatic rings. The highest BCUT2D eigenvalue weighted by Crippen LogP contribution is 2.38. The second-order valence-corrected chi connectivity index (χ2v) is 8.27. The van der Waals surface area contributed by atoms with Gasteiger partial charge in [-0.3, -0.25) is 9.59 Å². The Balaban J connectivity index is 1.67. The Morgan fingerprint density at radius 2 is 1.69 bits per heavy atom. The topological polar surface area (TPSA) is 86.3 Å². The highest BCUT2D eigenvalue weighted by atomic mass is 16.5. The quantitative estimate of drug-likeness (QED) is 0.438. The third kappa shape index (κ3) is 5.07. The maximum Gasteiger partial charge on any atom is 0.255 e. The summed E-state index contributed by atoms with van der Waals surface area (Å²) in [5.74, 6) is 1.85. The van der Waals surface area contributed by atoms with Gasteiger partial charge in [-0.1, -0.05) is 24.3 Å². The summed E-state index contributed by atoms with van der Waals surface area (Å²) in [4.78, 5) is 28.4. The molecule has 0 aliphatic carbocycles. The molecule has 1 atom stereocenters. The van der Waals surface area contributed by atoms with Gasteiger partial charge in [-0.25, -0.2) is 0 Å². The van der Waals surface area contributed by atoms with Crippen LogP contribution in [0, 0.1) is 0 Å². The molecule has 0 bridgehead atoms. The summed E-state index contributed by atoms with van der Waals surface area (Å²) < 4.78 is 21.9. The van der Waals surface area contributed by atoms with Crippen molar-refractivity contribution < 1.29 is 28.5 Å². The number of nitrogens with one attached hydrogen (secondary N) is 1. The second-order valence-electron chi connectivity index (χ2n) is 8.27. The highest BCUT2D eigenvalue weighted by molar-refractivity contribution is 5.99. The third-order valence-electron chi connectivity index (χ3n) is 6.16. The van der Waals surface area contributed by atoms with E-state index < -0.39 is 6.04 Å². The summed E-state index contributed by atoms with van der Waals surface area (Å²) in [6.07, 6.45) is 0.0250. The molecule has 3 aromatic carbocycles. The first-order chi connectivity index (χ1) is 17.5. The summed E-state index contributed by atoms with van der Waals surface area (Å²) in [6, 6.07) is 17.6. The first-order valence-electron chi connectivity index (χ1n) is 11.7. The van der Waals surface area contributed by atoms with E-state index in [0.29, 0.717) is 47.4 Å². The van der Waals surface area contributed by atoms with Gasteiger partial charge in [-0.15, -0.1) is 0 Å². The zero-order valence-corrected chi connectivity index (χ0v) is 20.9. The molecule has 0 radical (unpaired) electrons. The maximum absolute atomic E-state index is 13.4. The van der Waals surface area contributed by atoms with Crippen LogP contribution in [0.1, 0.15) is 40.9 Å². The molecular weight excluding hydrogens is 460 g/mol. The maximum atomic E-state index is 13.4. The third-order valence-corrected chi connectivity index (χ3v) is 6.16. The van der Waals surface area contributed by atoms with E-state index in [1.165, 1.54) is 7.11 Å². The van der Waals surface area contributed by atoms with E-state index in [0.717, 1.165) is 11.1 Å². The minimum atomic E-state index is -0.536. The zero-order chi connectivity index (χ0) is 25.7. The average Bonchev–Trinajstić information content (AvgIpc) is 3.23. The second kappa shape index (κ2) is 11.0. The van der Waals surface area contributed by atoms with Gasteiger partial charge in [0.05, 0.1) is 46.1 Å². The number of fused-ring (bicyclic) bond motifs is 1. The zero-order valence-electron chi connectivity index (χ0n) is 20.9. The van der Waals surface area contributed by atoms with Crippen molar-refractivity contribution in [3.05, 3.63) is 77.4 Å². The van der Waals surface area contributed by atoms with Gasteiger partial charge in [0.1, 0.15) is 11.5 Å². The fourth-order valence-electron chi connectivity index (χ4n) is 4.39. The Morgan fingerprint density at radius 1 is 0.944 bits per heavy atom. The van der Waals surface area contributed by atoms with Crippen LogP contribution in [-0.4, -0.2) is 44.7 Å². The van der Waals surface area contributed by atoms with E-state index in [4.69, 9.17) is 18.9 Å². The Labute approximate surface area is 210 Å². The monoisotopic (exact) mass is 490 g/mol. The summed E-state index contributed by atoms with van der Waals surface area (Å²) in [6.45, 7) is 2.79. The molecule has 0 aromatic heterocycles. The van der Waals surface area contributed by atoms with Crippen molar-refractivity contribution in [2.24, 2.45) is 0 Å². The van der Waals surface area contributed by atoms with Crippen LogP contribution in [0.2, 0.25) is 0 Å². The molecule has 0 fully saturated rings. The summed E-state index contributed by atoms with van der Waals surface area (Å²) in [5, 5.41) is 2.92. The van der Waals surface area contributed by atoms with Gasteiger partial charge in [0.25, 0.3) is 5.91 Å². The van der Waals surface area contributed by atoms with Gasteiger partial charge in [-0.2, -0.15) is 0 Å². The fraction of sp³-hybridized carbons (Fsp3) is 0.286. The van der Waals surface area contributed by atoms with Gasteiger partial charge in [-0.05, 0) is 48.4 Å². The fourth-order valence-corrected chi connectivity index (χ4v) is 4.39. The number of benzene rings is 3. The van der Waals surface area contributed by atoms with Crippen LogP contribution < -0.4 is 24.3 Å². The van der Waals surface area contributed by atoms with Crippen LogP contribution in [0.15, 0.2) is 60.7 Å². The van der Waals surface area contributed by atoms with Crippen molar-refractivity contribution >= 4 is 17.5 Å². The Hall–Kier alpha value is -4.20. The summed E-state index contributed by atoms with van der Waals surface area (Å²) in [5.41, 5.74) is 2.83. The van der Waals surface area contributed by atoms with Crippen LogP contribution >= 0.6 is 0 Å². The van der Waals surface area contributed by atoms with Gasteiger partial charge in [0, 0.05) is 18.2 Å². The van der Waals surface area contributed by atoms with Gasteiger partial charge in [0.15, 0.2) is 11.5 Å². The predicted octanol–water partition coefficient (Wildman–Crippen LogP) is 4.84. The lowest BCUT2D eigenvalue weighted by Crippen LogP contribution is -2.32. The molecule has 8 heteroatoms. The highest BCUT2D eigenvalue weighted by Gasteiger charge is 2.35. The number of rotatable bonds is 10. The van der Waals surface area contributed by atoms with Gasteiger partial charge >= 0.3 is 0 Å². The van der Waals surface area contributed by atoms with Gasteiger partial charge in [0.2, 0.25) is 5.91 Å². The Kier molecular flexibility index (Phi) is 7.63. The number of anilines is 1. The largest absolute Gasteiger partial charge is 0.497 e. The van der Waals surface area contributed by atoms with E-state index in [-0.39, 0.29) is 18.2 Å². The van der Waals surface area contributed by atoms with Gasteiger partial charge < -0.3 is 29.2 Å². The summed E-state index contributed by atoms with van der Waals surface area (Å²) in [7, 11) is 4.65. The number of carbonyl (C=O) groups excluding carboxylic acids is 2. The van der Waals surface area contributed by atoms with Crippen LogP contribution in [0.3, 0.4) is 0 Å². The Bertz CT molecular complexity index is 1260. The number of carbonyl (C=O) groups is 2. The molecule has 188 valence electrons. The van der Waals surface area contributed by atoms with Crippen molar-refractivity contribution in [2.45, 2.75) is 25.9 Å². The van der Waals surface area contributed by atoms with Crippen molar-refractivity contribution in [3.63, 3.8) is 0 Å².